The van der Waals surface area contributed by atoms with E-state index in [9.17, 15) is 0 Å². The van der Waals surface area contributed by atoms with Gasteiger partial charge < -0.3 is 4.52 Å². The van der Waals surface area contributed by atoms with E-state index in [0.29, 0.717) is 0 Å². The molecule has 1 aromatic carbocycles. The average Bonchev–Trinajstić information content (AvgIpc) is 3.13. The van der Waals surface area contributed by atoms with Crippen molar-refractivity contribution < 1.29 is 4.52 Å². The van der Waals surface area contributed by atoms with E-state index in [4.69, 9.17) is 4.52 Å². The molecule has 0 spiro atoms. The third-order valence-corrected chi connectivity index (χ3v) is 5.46. The van der Waals surface area contributed by atoms with Crippen LogP contribution in [0.25, 0.3) is 10.1 Å². The molecule has 0 unspecified atom stereocenters. The molecule has 4 heteroatoms. The van der Waals surface area contributed by atoms with Gasteiger partial charge in [-0.25, -0.2) is 0 Å². The lowest BCUT2D eigenvalue weighted by Crippen LogP contribution is -2.18. The molecule has 1 aliphatic carbocycles. The van der Waals surface area contributed by atoms with Crippen molar-refractivity contribution in [3.05, 3.63) is 52.2 Å². The van der Waals surface area contributed by atoms with Gasteiger partial charge in [-0.05, 0) is 48.7 Å². The quantitative estimate of drug-likeness (QED) is 0.715. The zero-order valence-electron chi connectivity index (χ0n) is 12.8. The van der Waals surface area contributed by atoms with Crippen molar-refractivity contribution in [3.63, 3.8) is 0 Å². The van der Waals surface area contributed by atoms with E-state index in [-0.39, 0.29) is 0 Å². The molecule has 0 aliphatic heterocycles. The third-order valence-electron chi connectivity index (χ3n) is 4.45. The van der Waals surface area contributed by atoms with E-state index < -0.39 is 0 Å². The third kappa shape index (κ3) is 2.57. The van der Waals surface area contributed by atoms with Crippen LogP contribution in [0, 0.1) is 0 Å². The summed E-state index contributed by atoms with van der Waals surface area (Å²) in [6.07, 6.45) is 4.68. The second-order valence-electron chi connectivity index (χ2n) is 6.17. The average molecular weight is 312 g/mol. The lowest BCUT2D eigenvalue weighted by atomic mass is 9.96. The lowest BCUT2D eigenvalue weighted by Gasteiger charge is -2.16. The Morgan fingerprint density at radius 3 is 3.00 bits per heavy atom. The maximum absolute atomic E-state index is 5.52. The first-order chi connectivity index (χ1) is 10.8. The topological polar surface area (TPSA) is 29.3 Å². The second kappa shape index (κ2) is 5.86. The molecule has 0 bridgehead atoms. The SMILES string of the molecule is CN(Cc1noc2c1CCCC2)Cc1csc2ccccc12. The Balaban J connectivity index is 1.51. The maximum atomic E-state index is 5.52. The Labute approximate surface area is 134 Å². The summed E-state index contributed by atoms with van der Waals surface area (Å²) < 4.78 is 6.88. The minimum Gasteiger partial charge on any atom is -0.361 e. The Hall–Kier alpha value is -1.65. The highest BCUT2D eigenvalue weighted by Gasteiger charge is 2.20. The number of nitrogens with zero attached hydrogens (tertiary/aromatic N) is 2. The smallest absolute Gasteiger partial charge is 0.140 e. The molecule has 2 heterocycles. The maximum Gasteiger partial charge on any atom is 0.140 e. The van der Waals surface area contributed by atoms with Crippen LogP contribution in [0.2, 0.25) is 0 Å². The van der Waals surface area contributed by atoms with Gasteiger partial charge >= 0.3 is 0 Å². The van der Waals surface area contributed by atoms with Gasteiger partial charge in [-0.15, -0.1) is 11.3 Å². The zero-order chi connectivity index (χ0) is 14.9. The Bertz CT molecular complexity index is 789. The molecule has 0 radical (unpaired) electrons. The first-order valence-electron chi connectivity index (χ1n) is 7.91. The lowest BCUT2D eigenvalue weighted by molar-refractivity contribution is 0.302. The van der Waals surface area contributed by atoms with Gasteiger partial charge in [-0.2, -0.15) is 0 Å². The molecule has 0 amide bonds. The monoisotopic (exact) mass is 312 g/mol. The predicted molar refractivity (Wildman–Crippen MR) is 90.1 cm³/mol. The predicted octanol–water partition coefficient (Wildman–Crippen LogP) is 4.40. The van der Waals surface area contributed by atoms with Crippen LogP contribution in [-0.2, 0) is 25.9 Å². The van der Waals surface area contributed by atoms with Crippen LogP contribution < -0.4 is 0 Å². The molecule has 22 heavy (non-hydrogen) atoms. The van der Waals surface area contributed by atoms with Crippen molar-refractivity contribution in [2.24, 2.45) is 0 Å². The molecular formula is C18H20N2OS. The molecule has 3 aromatic rings. The van der Waals surface area contributed by atoms with Gasteiger partial charge in [-0.1, -0.05) is 23.4 Å². The van der Waals surface area contributed by atoms with Crippen LogP contribution >= 0.6 is 11.3 Å². The molecule has 4 rings (SSSR count). The molecule has 0 saturated heterocycles. The molecular weight excluding hydrogens is 292 g/mol. The molecule has 0 fully saturated rings. The zero-order valence-corrected chi connectivity index (χ0v) is 13.7. The van der Waals surface area contributed by atoms with Crippen LogP contribution in [0.5, 0.6) is 0 Å². The van der Waals surface area contributed by atoms with Gasteiger partial charge in [0.25, 0.3) is 0 Å². The molecule has 3 nitrogen and oxygen atoms in total. The van der Waals surface area contributed by atoms with E-state index in [2.05, 4.69) is 46.7 Å². The van der Waals surface area contributed by atoms with E-state index in [1.807, 2.05) is 11.3 Å². The van der Waals surface area contributed by atoms with Crippen LogP contribution in [0.15, 0.2) is 34.2 Å². The number of thiophene rings is 1. The minimum atomic E-state index is 0.864. The Morgan fingerprint density at radius 2 is 2.05 bits per heavy atom. The van der Waals surface area contributed by atoms with Crippen LogP contribution in [0.1, 0.15) is 35.4 Å². The van der Waals surface area contributed by atoms with Gasteiger partial charge in [0.05, 0.1) is 0 Å². The van der Waals surface area contributed by atoms with Gasteiger partial charge in [0, 0.05) is 29.8 Å². The highest BCUT2D eigenvalue weighted by atomic mass is 32.1. The first kappa shape index (κ1) is 14.0. The fraction of sp³-hybridized carbons (Fsp3) is 0.389. The number of fused-ring (bicyclic) bond motifs is 2. The minimum absolute atomic E-state index is 0.864. The van der Waals surface area contributed by atoms with Gasteiger partial charge in [-0.3, -0.25) is 4.90 Å². The molecule has 0 saturated carbocycles. The number of rotatable bonds is 4. The van der Waals surface area contributed by atoms with Gasteiger partial charge in [0.2, 0.25) is 0 Å². The number of aromatic nitrogens is 1. The molecule has 0 atom stereocenters. The Kier molecular flexibility index (Phi) is 3.72. The van der Waals surface area contributed by atoms with Crippen molar-refractivity contribution in [2.45, 2.75) is 38.8 Å². The van der Waals surface area contributed by atoms with E-state index in [0.717, 1.165) is 37.4 Å². The molecule has 114 valence electrons. The van der Waals surface area contributed by atoms with E-state index in [1.54, 1.807) is 0 Å². The highest BCUT2D eigenvalue weighted by Crippen LogP contribution is 2.28. The molecule has 2 aromatic heterocycles. The van der Waals surface area contributed by atoms with Crippen molar-refractivity contribution >= 4 is 21.4 Å². The number of aryl methyl sites for hydroxylation is 1. The number of hydrogen-bond acceptors (Lipinski definition) is 4. The highest BCUT2D eigenvalue weighted by molar-refractivity contribution is 7.17. The largest absolute Gasteiger partial charge is 0.361 e. The first-order valence-corrected chi connectivity index (χ1v) is 8.79. The van der Waals surface area contributed by atoms with E-state index in [1.165, 1.54) is 34.1 Å². The van der Waals surface area contributed by atoms with Crippen LogP contribution in [0.4, 0.5) is 0 Å². The van der Waals surface area contributed by atoms with Crippen LogP contribution in [0.3, 0.4) is 0 Å². The van der Waals surface area contributed by atoms with Crippen molar-refractivity contribution in [1.29, 1.82) is 0 Å². The number of hydrogen-bond donors (Lipinski definition) is 0. The summed E-state index contributed by atoms with van der Waals surface area (Å²) in [5.41, 5.74) is 3.91. The van der Waals surface area contributed by atoms with Crippen molar-refractivity contribution in [3.8, 4) is 0 Å². The summed E-state index contributed by atoms with van der Waals surface area (Å²) >= 11 is 1.83. The summed E-state index contributed by atoms with van der Waals surface area (Å²) in [7, 11) is 2.16. The summed E-state index contributed by atoms with van der Waals surface area (Å²) in [6.45, 7) is 1.81. The summed E-state index contributed by atoms with van der Waals surface area (Å²) in [4.78, 5) is 2.33. The summed E-state index contributed by atoms with van der Waals surface area (Å²) in [5.74, 6) is 1.12. The molecule has 0 N–H and O–H groups in total. The standard InChI is InChI=1S/C18H20N2OS/c1-20(10-13-12-22-18-9-5-3-6-14(13)18)11-16-15-7-2-4-8-17(15)21-19-16/h3,5-6,9,12H,2,4,7-8,10-11H2,1H3. The van der Waals surface area contributed by atoms with Gasteiger partial charge in [0.1, 0.15) is 11.5 Å². The van der Waals surface area contributed by atoms with Crippen LogP contribution in [-0.4, -0.2) is 17.1 Å². The summed E-state index contributed by atoms with van der Waals surface area (Å²) in [5, 5.41) is 7.97. The number of benzene rings is 1. The van der Waals surface area contributed by atoms with Gasteiger partial charge in [0.15, 0.2) is 0 Å². The molecule has 1 aliphatic rings. The Morgan fingerprint density at radius 1 is 1.18 bits per heavy atom. The normalized spacial score (nSPS) is 14.6. The fourth-order valence-corrected chi connectivity index (χ4v) is 4.28. The fourth-order valence-electron chi connectivity index (χ4n) is 3.33. The van der Waals surface area contributed by atoms with Crippen molar-refractivity contribution in [1.82, 2.24) is 10.1 Å². The second-order valence-corrected chi connectivity index (χ2v) is 7.08. The van der Waals surface area contributed by atoms with Crippen molar-refractivity contribution in [2.75, 3.05) is 7.05 Å². The summed E-state index contributed by atoms with van der Waals surface area (Å²) in [6, 6.07) is 8.63. The van der Waals surface area contributed by atoms with E-state index >= 15 is 0 Å².